The average molecular weight is 234 g/mol. The van der Waals surface area contributed by atoms with Crippen LogP contribution in [0.15, 0.2) is 24.3 Å². The summed E-state index contributed by atoms with van der Waals surface area (Å²) in [5.74, 6) is -2.42. The Bertz CT molecular complexity index is 441. The second-order valence-electron chi connectivity index (χ2n) is 5.22. The molecule has 1 unspecified atom stereocenters. The second-order valence-corrected chi connectivity index (χ2v) is 5.22. The van der Waals surface area contributed by atoms with E-state index in [0.717, 1.165) is 5.56 Å². The molecule has 0 aromatic heterocycles. The minimum Gasteiger partial charge on any atom is -0.481 e. The Balaban J connectivity index is 3.24. The molecule has 0 spiro atoms. The predicted octanol–water partition coefficient (Wildman–Crippen LogP) is 2.89. The van der Waals surface area contributed by atoms with E-state index < -0.39 is 11.9 Å². The van der Waals surface area contributed by atoms with Gasteiger partial charge in [0.2, 0.25) is 0 Å². The van der Waals surface area contributed by atoms with Crippen molar-refractivity contribution in [2.75, 3.05) is 0 Å². The van der Waals surface area contributed by atoms with Crippen LogP contribution in [-0.2, 0) is 10.2 Å². The minimum atomic E-state index is -1.08. The molecule has 17 heavy (non-hydrogen) atoms. The first-order valence-corrected chi connectivity index (χ1v) is 5.61. The zero-order chi connectivity index (χ0) is 13.2. The molecule has 0 aliphatic heterocycles. The number of carboxylic acids is 1. The summed E-state index contributed by atoms with van der Waals surface area (Å²) in [4.78, 5) is 22.9. The summed E-state index contributed by atoms with van der Waals surface area (Å²) in [5.41, 5.74) is 1.22. The van der Waals surface area contributed by atoms with E-state index in [4.69, 9.17) is 5.11 Å². The maximum Gasteiger partial charge on any atom is 0.314 e. The van der Waals surface area contributed by atoms with Gasteiger partial charge in [0, 0.05) is 5.56 Å². The molecule has 0 aliphatic rings. The average Bonchev–Trinajstić information content (AvgIpc) is 2.25. The summed E-state index contributed by atoms with van der Waals surface area (Å²) in [6.45, 7) is 7.43. The highest BCUT2D eigenvalue weighted by Gasteiger charge is 2.27. The molecule has 0 saturated carbocycles. The van der Waals surface area contributed by atoms with Crippen molar-refractivity contribution in [1.29, 1.82) is 0 Å². The molecule has 3 nitrogen and oxygen atoms in total. The third kappa shape index (κ3) is 2.93. The van der Waals surface area contributed by atoms with Crippen molar-refractivity contribution >= 4 is 11.8 Å². The van der Waals surface area contributed by atoms with Gasteiger partial charge in [-0.3, -0.25) is 9.59 Å². The van der Waals surface area contributed by atoms with Crippen LogP contribution in [0.4, 0.5) is 0 Å². The molecule has 1 rings (SSSR count). The molecule has 3 heteroatoms. The van der Waals surface area contributed by atoms with Crippen LogP contribution in [0.3, 0.4) is 0 Å². The number of rotatable bonds is 3. The largest absolute Gasteiger partial charge is 0.481 e. The normalized spacial score (nSPS) is 13.2. The lowest BCUT2D eigenvalue weighted by molar-refractivity contribution is -0.139. The quantitative estimate of drug-likeness (QED) is 0.646. The molecule has 0 radical (unpaired) electrons. The number of Topliss-reactive ketones (excluding diaryl/α,β-unsaturated/α-hetero) is 1. The summed E-state index contributed by atoms with van der Waals surface area (Å²) in [7, 11) is 0. The van der Waals surface area contributed by atoms with Gasteiger partial charge in [-0.1, -0.05) is 45.0 Å². The topological polar surface area (TPSA) is 54.4 Å². The predicted molar refractivity (Wildman–Crippen MR) is 66.3 cm³/mol. The van der Waals surface area contributed by atoms with Gasteiger partial charge < -0.3 is 5.11 Å². The van der Waals surface area contributed by atoms with Crippen LogP contribution in [0.25, 0.3) is 0 Å². The fourth-order valence-corrected chi connectivity index (χ4v) is 1.70. The minimum absolute atomic E-state index is 0.176. The highest BCUT2D eigenvalue weighted by molar-refractivity contribution is 6.08. The smallest absolute Gasteiger partial charge is 0.314 e. The Morgan fingerprint density at radius 1 is 1.18 bits per heavy atom. The number of aliphatic carboxylic acids is 1. The summed E-state index contributed by atoms with van der Waals surface area (Å²) >= 11 is 0. The third-order valence-corrected chi connectivity index (χ3v) is 2.76. The van der Waals surface area contributed by atoms with E-state index in [1.807, 2.05) is 32.9 Å². The van der Waals surface area contributed by atoms with E-state index in [0.29, 0.717) is 5.56 Å². The first-order valence-electron chi connectivity index (χ1n) is 5.61. The van der Waals surface area contributed by atoms with E-state index in [2.05, 4.69) is 0 Å². The van der Waals surface area contributed by atoms with E-state index in [1.54, 1.807) is 12.1 Å². The fraction of sp³-hybridized carbons (Fsp3) is 0.429. The van der Waals surface area contributed by atoms with Crippen molar-refractivity contribution in [1.82, 2.24) is 0 Å². The number of carbonyl (C=O) groups excluding carboxylic acids is 1. The summed E-state index contributed by atoms with van der Waals surface area (Å²) in [5, 5.41) is 8.89. The Hall–Kier alpha value is -1.64. The summed E-state index contributed by atoms with van der Waals surface area (Å²) in [6.07, 6.45) is 0. The third-order valence-electron chi connectivity index (χ3n) is 2.76. The molecular weight excluding hydrogens is 216 g/mol. The Kier molecular flexibility index (Phi) is 3.71. The zero-order valence-electron chi connectivity index (χ0n) is 10.7. The lowest BCUT2D eigenvalue weighted by Gasteiger charge is -2.22. The molecule has 92 valence electrons. The first kappa shape index (κ1) is 13.4. The van der Waals surface area contributed by atoms with Crippen molar-refractivity contribution in [2.24, 2.45) is 5.92 Å². The molecule has 0 heterocycles. The standard InChI is InChI=1S/C14H18O3/c1-9(13(16)17)12(15)10-7-5-6-8-11(10)14(2,3)4/h5-9H,1-4H3,(H,16,17). The molecule has 0 aliphatic carbocycles. The van der Waals surface area contributed by atoms with Crippen molar-refractivity contribution in [3.05, 3.63) is 35.4 Å². The molecular formula is C14H18O3. The van der Waals surface area contributed by atoms with Gasteiger partial charge in [-0.2, -0.15) is 0 Å². The second kappa shape index (κ2) is 4.70. The Morgan fingerprint density at radius 2 is 1.71 bits per heavy atom. The monoisotopic (exact) mass is 234 g/mol. The number of carbonyl (C=O) groups is 2. The SMILES string of the molecule is CC(C(=O)O)C(=O)c1ccccc1C(C)(C)C. The molecule has 0 bridgehead atoms. The van der Waals surface area contributed by atoms with E-state index in [9.17, 15) is 9.59 Å². The summed E-state index contributed by atoms with van der Waals surface area (Å²) < 4.78 is 0. The molecule has 0 fully saturated rings. The van der Waals surface area contributed by atoms with Crippen LogP contribution < -0.4 is 0 Å². The lowest BCUT2D eigenvalue weighted by Crippen LogP contribution is -2.24. The molecule has 1 aromatic carbocycles. The van der Waals surface area contributed by atoms with Crippen LogP contribution in [0.2, 0.25) is 0 Å². The highest BCUT2D eigenvalue weighted by atomic mass is 16.4. The van der Waals surface area contributed by atoms with Crippen molar-refractivity contribution in [3.8, 4) is 0 Å². The van der Waals surface area contributed by atoms with Gasteiger partial charge >= 0.3 is 5.97 Å². The molecule has 1 N–H and O–H groups in total. The first-order chi connectivity index (χ1) is 7.75. The van der Waals surface area contributed by atoms with E-state index in [-0.39, 0.29) is 11.2 Å². The van der Waals surface area contributed by atoms with Gasteiger partial charge in [0.05, 0.1) is 0 Å². The molecule has 0 saturated heterocycles. The van der Waals surface area contributed by atoms with Crippen molar-refractivity contribution < 1.29 is 14.7 Å². The zero-order valence-corrected chi connectivity index (χ0v) is 10.7. The number of carboxylic acid groups (broad SMARTS) is 1. The number of hydrogen-bond acceptors (Lipinski definition) is 2. The number of hydrogen-bond donors (Lipinski definition) is 1. The van der Waals surface area contributed by atoms with Crippen LogP contribution in [-0.4, -0.2) is 16.9 Å². The fourth-order valence-electron chi connectivity index (χ4n) is 1.70. The van der Waals surface area contributed by atoms with Gasteiger partial charge in [-0.25, -0.2) is 0 Å². The van der Waals surface area contributed by atoms with Gasteiger partial charge in [0.15, 0.2) is 5.78 Å². The van der Waals surface area contributed by atoms with Crippen LogP contribution in [0.1, 0.15) is 43.6 Å². The molecule has 0 amide bonds. The van der Waals surface area contributed by atoms with Gasteiger partial charge in [0.1, 0.15) is 5.92 Å². The van der Waals surface area contributed by atoms with Gasteiger partial charge in [0.25, 0.3) is 0 Å². The number of benzene rings is 1. The van der Waals surface area contributed by atoms with Gasteiger partial charge in [-0.05, 0) is 17.9 Å². The van der Waals surface area contributed by atoms with Crippen molar-refractivity contribution in [2.45, 2.75) is 33.1 Å². The van der Waals surface area contributed by atoms with Crippen LogP contribution in [0.5, 0.6) is 0 Å². The molecule has 1 atom stereocenters. The van der Waals surface area contributed by atoms with Crippen LogP contribution >= 0.6 is 0 Å². The molecule has 1 aromatic rings. The van der Waals surface area contributed by atoms with E-state index >= 15 is 0 Å². The maximum atomic E-state index is 12.1. The van der Waals surface area contributed by atoms with Crippen molar-refractivity contribution in [3.63, 3.8) is 0 Å². The summed E-state index contributed by atoms with van der Waals surface area (Å²) in [6, 6.07) is 7.20. The Morgan fingerprint density at radius 3 is 2.18 bits per heavy atom. The Labute approximate surface area is 101 Å². The highest BCUT2D eigenvalue weighted by Crippen LogP contribution is 2.27. The van der Waals surface area contributed by atoms with E-state index in [1.165, 1.54) is 6.92 Å². The van der Waals surface area contributed by atoms with Crippen LogP contribution in [0, 0.1) is 5.92 Å². The van der Waals surface area contributed by atoms with Gasteiger partial charge in [-0.15, -0.1) is 0 Å². The lowest BCUT2D eigenvalue weighted by atomic mass is 9.81. The number of ketones is 1. The maximum absolute atomic E-state index is 12.1.